The first-order valence-corrected chi connectivity index (χ1v) is 7.52. The zero-order valence-corrected chi connectivity index (χ0v) is 12.6. The molecule has 120 valence electrons. The summed E-state index contributed by atoms with van der Waals surface area (Å²) in [6, 6.07) is 9.47. The fraction of sp³-hybridized carbons (Fsp3) is 0.562. The number of rotatable bonds is 3. The monoisotopic (exact) mass is 307 g/mol. The number of benzene rings is 1. The van der Waals surface area contributed by atoms with Crippen molar-refractivity contribution in [1.29, 1.82) is 0 Å². The van der Waals surface area contributed by atoms with E-state index in [1.165, 1.54) is 4.90 Å². The maximum atomic E-state index is 12.3. The summed E-state index contributed by atoms with van der Waals surface area (Å²) in [5, 5.41) is 10.8. The fourth-order valence-corrected chi connectivity index (χ4v) is 3.12. The Morgan fingerprint density at radius 3 is 2.91 bits per heavy atom. The second-order valence-electron chi connectivity index (χ2n) is 5.69. The molecule has 1 N–H and O–H groups in total. The number of carbonyl (C=O) groups is 1. The number of likely N-dealkylation sites (tertiary alicyclic amines) is 1. The van der Waals surface area contributed by atoms with Gasteiger partial charge in [-0.2, -0.15) is 0 Å². The van der Waals surface area contributed by atoms with Crippen LogP contribution >= 0.6 is 0 Å². The number of ether oxygens (including phenoxy) is 3. The number of aliphatic hydroxyl groups is 1. The summed E-state index contributed by atoms with van der Waals surface area (Å²) >= 11 is 0. The third kappa shape index (κ3) is 2.82. The van der Waals surface area contributed by atoms with Gasteiger partial charge in [-0.1, -0.05) is 30.3 Å². The van der Waals surface area contributed by atoms with Crippen LogP contribution in [0.3, 0.4) is 0 Å². The third-order valence-corrected chi connectivity index (χ3v) is 4.35. The second-order valence-corrected chi connectivity index (χ2v) is 5.69. The van der Waals surface area contributed by atoms with E-state index in [-0.39, 0.29) is 12.9 Å². The molecule has 0 bridgehead atoms. The van der Waals surface area contributed by atoms with Crippen LogP contribution in [0.1, 0.15) is 24.8 Å². The molecule has 0 radical (unpaired) electrons. The van der Waals surface area contributed by atoms with Crippen molar-refractivity contribution in [1.82, 2.24) is 4.90 Å². The van der Waals surface area contributed by atoms with Crippen molar-refractivity contribution >= 4 is 6.09 Å². The van der Waals surface area contributed by atoms with Crippen LogP contribution in [-0.4, -0.2) is 47.9 Å². The minimum absolute atomic E-state index is 0.193. The molecule has 2 aliphatic rings. The van der Waals surface area contributed by atoms with E-state index in [1.807, 2.05) is 30.3 Å². The average Bonchev–Trinajstić information content (AvgIpc) is 2.89. The van der Waals surface area contributed by atoms with Gasteiger partial charge in [0.1, 0.15) is 12.7 Å². The van der Waals surface area contributed by atoms with E-state index in [0.29, 0.717) is 25.8 Å². The largest absolute Gasteiger partial charge is 0.444 e. The Morgan fingerprint density at radius 2 is 2.18 bits per heavy atom. The van der Waals surface area contributed by atoms with Crippen molar-refractivity contribution in [3.63, 3.8) is 0 Å². The van der Waals surface area contributed by atoms with Crippen LogP contribution in [0.4, 0.5) is 4.79 Å². The second kappa shape index (κ2) is 6.24. The van der Waals surface area contributed by atoms with Crippen LogP contribution in [0.15, 0.2) is 30.3 Å². The van der Waals surface area contributed by atoms with Gasteiger partial charge in [-0.15, -0.1) is 0 Å². The fourth-order valence-electron chi connectivity index (χ4n) is 3.12. The van der Waals surface area contributed by atoms with Gasteiger partial charge in [0.25, 0.3) is 0 Å². The minimum atomic E-state index is -1.29. The van der Waals surface area contributed by atoms with Gasteiger partial charge in [-0.25, -0.2) is 4.79 Å². The molecule has 6 heteroatoms. The Labute approximate surface area is 129 Å². The Kier molecular flexibility index (Phi) is 4.33. The first-order chi connectivity index (χ1) is 10.6. The van der Waals surface area contributed by atoms with Crippen LogP contribution < -0.4 is 0 Å². The van der Waals surface area contributed by atoms with Crippen molar-refractivity contribution in [3.05, 3.63) is 35.9 Å². The van der Waals surface area contributed by atoms with Gasteiger partial charge in [0.05, 0.1) is 0 Å². The highest BCUT2D eigenvalue weighted by Gasteiger charge is 2.54. The SMILES string of the molecule is CO[C@@H]1CC[C@]2(O)C(CCN2C(=O)OCc2ccccc2)O1. The Hall–Kier alpha value is -1.63. The van der Waals surface area contributed by atoms with Crippen LogP contribution in [0, 0.1) is 0 Å². The number of nitrogens with zero attached hydrogens (tertiary/aromatic N) is 1. The Morgan fingerprint density at radius 1 is 1.41 bits per heavy atom. The molecule has 3 rings (SSSR count). The van der Waals surface area contributed by atoms with Crippen molar-refractivity contribution in [2.45, 2.75) is 44.0 Å². The maximum absolute atomic E-state index is 12.3. The number of amides is 1. The zero-order valence-electron chi connectivity index (χ0n) is 12.6. The van der Waals surface area contributed by atoms with Crippen molar-refractivity contribution in [2.75, 3.05) is 13.7 Å². The van der Waals surface area contributed by atoms with E-state index in [2.05, 4.69) is 0 Å². The van der Waals surface area contributed by atoms with Crippen LogP contribution in [0.25, 0.3) is 0 Å². The molecule has 1 amide bonds. The van der Waals surface area contributed by atoms with Crippen LogP contribution in [0.2, 0.25) is 0 Å². The molecule has 1 aromatic carbocycles. The summed E-state index contributed by atoms with van der Waals surface area (Å²) < 4.78 is 16.2. The predicted octanol–water partition coefficient (Wildman–Crippen LogP) is 1.87. The summed E-state index contributed by atoms with van der Waals surface area (Å²) in [4.78, 5) is 13.7. The van der Waals surface area contributed by atoms with E-state index < -0.39 is 17.9 Å². The molecule has 2 saturated heterocycles. The minimum Gasteiger partial charge on any atom is -0.444 e. The molecule has 0 aromatic heterocycles. The van der Waals surface area contributed by atoms with E-state index in [1.54, 1.807) is 7.11 Å². The molecule has 6 nitrogen and oxygen atoms in total. The van der Waals surface area contributed by atoms with E-state index >= 15 is 0 Å². The molecule has 1 aromatic rings. The molecule has 1 unspecified atom stereocenters. The van der Waals surface area contributed by atoms with E-state index in [9.17, 15) is 9.90 Å². The first kappa shape index (κ1) is 15.3. The van der Waals surface area contributed by atoms with Gasteiger partial charge in [-0.3, -0.25) is 4.90 Å². The molecular formula is C16H21NO5. The van der Waals surface area contributed by atoms with Gasteiger partial charge in [-0.05, 0) is 12.0 Å². The number of fused-ring (bicyclic) bond motifs is 1. The molecule has 2 aliphatic heterocycles. The predicted molar refractivity (Wildman–Crippen MR) is 77.8 cm³/mol. The van der Waals surface area contributed by atoms with Crippen molar-refractivity contribution < 1.29 is 24.1 Å². The molecule has 0 aliphatic carbocycles. The third-order valence-electron chi connectivity index (χ3n) is 4.35. The number of carbonyl (C=O) groups excluding carboxylic acids is 1. The first-order valence-electron chi connectivity index (χ1n) is 7.52. The number of hydrogen-bond donors (Lipinski definition) is 1. The summed E-state index contributed by atoms with van der Waals surface area (Å²) in [5.74, 6) is 0. The molecule has 3 atom stereocenters. The Bertz CT molecular complexity index is 523. The van der Waals surface area contributed by atoms with Crippen LogP contribution in [-0.2, 0) is 20.8 Å². The van der Waals surface area contributed by atoms with Gasteiger partial charge >= 0.3 is 6.09 Å². The van der Waals surface area contributed by atoms with Crippen LogP contribution in [0.5, 0.6) is 0 Å². The lowest BCUT2D eigenvalue weighted by Gasteiger charge is -2.41. The summed E-state index contributed by atoms with van der Waals surface area (Å²) in [7, 11) is 1.58. The van der Waals surface area contributed by atoms with Gasteiger partial charge < -0.3 is 19.3 Å². The standard InChI is InChI=1S/C16H21NO5/c1-20-14-7-9-16(19)13(22-14)8-10-17(16)15(18)21-11-12-5-3-2-4-6-12/h2-6,13-14,19H,7-11H2,1H3/t13?,14-,16-/m0/s1. The topological polar surface area (TPSA) is 68.2 Å². The van der Waals surface area contributed by atoms with E-state index in [4.69, 9.17) is 14.2 Å². The zero-order chi connectivity index (χ0) is 15.6. The van der Waals surface area contributed by atoms with Gasteiger partial charge in [0.2, 0.25) is 0 Å². The molecule has 0 saturated carbocycles. The average molecular weight is 307 g/mol. The Balaban J connectivity index is 1.61. The maximum Gasteiger partial charge on any atom is 0.412 e. The summed E-state index contributed by atoms with van der Waals surface area (Å²) in [5.41, 5.74) is -0.374. The lowest BCUT2D eigenvalue weighted by atomic mass is 9.98. The molecular weight excluding hydrogens is 286 g/mol. The lowest BCUT2D eigenvalue weighted by molar-refractivity contribution is -0.258. The van der Waals surface area contributed by atoms with Crippen molar-refractivity contribution in [3.8, 4) is 0 Å². The normalized spacial score (nSPS) is 30.9. The van der Waals surface area contributed by atoms with Crippen molar-refractivity contribution in [2.24, 2.45) is 0 Å². The summed E-state index contributed by atoms with van der Waals surface area (Å²) in [6.45, 7) is 0.615. The molecule has 2 heterocycles. The highest BCUT2D eigenvalue weighted by atomic mass is 16.7. The van der Waals surface area contributed by atoms with E-state index in [0.717, 1.165) is 5.56 Å². The number of methoxy groups -OCH3 is 1. The van der Waals surface area contributed by atoms with Gasteiger partial charge in [0.15, 0.2) is 12.0 Å². The highest BCUT2D eigenvalue weighted by Crippen LogP contribution is 2.39. The quantitative estimate of drug-likeness (QED) is 0.923. The van der Waals surface area contributed by atoms with Gasteiger partial charge in [0, 0.05) is 26.5 Å². The highest BCUT2D eigenvalue weighted by molar-refractivity contribution is 5.69. The number of hydrogen-bond acceptors (Lipinski definition) is 5. The smallest absolute Gasteiger partial charge is 0.412 e. The summed E-state index contributed by atoms with van der Waals surface area (Å²) in [6.07, 6.45) is 0.314. The molecule has 0 spiro atoms. The molecule has 2 fully saturated rings. The molecule has 22 heavy (non-hydrogen) atoms. The lowest BCUT2D eigenvalue weighted by Crippen LogP contribution is -2.57.